The number of azo groups is 1. The molecule has 0 aliphatic rings. The van der Waals surface area contributed by atoms with Gasteiger partial charge in [0, 0.05) is 13.1 Å². The second kappa shape index (κ2) is 5.49. The van der Waals surface area contributed by atoms with Gasteiger partial charge in [0.05, 0.1) is 5.02 Å². The first kappa shape index (κ1) is 14.3. The van der Waals surface area contributed by atoms with Crippen molar-refractivity contribution >= 4 is 23.2 Å². The lowest BCUT2D eigenvalue weighted by Gasteiger charge is -2.01. The molecular formula is C12H7ClN6O2. The molecule has 21 heavy (non-hydrogen) atoms. The van der Waals surface area contributed by atoms with Gasteiger partial charge < -0.3 is 14.8 Å². The van der Waals surface area contributed by atoms with Crippen LogP contribution < -0.4 is 0 Å². The molecule has 8 nitrogen and oxygen atoms in total. The third-order valence-corrected chi connectivity index (χ3v) is 2.88. The summed E-state index contributed by atoms with van der Waals surface area (Å²) >= 11 is 5.70. The van der Waals surface area contributed by atoms with Gasteiger partial charge in [0.1, 0.15) is 29.3 Å². The summed E-state index contributed by atoms with van der Waals surface area (Å²) in [7, 11) is 1.50. The van der Waals surface area contributed by atoms with Gasteiger partial charge in [0.15, 0.2) is 11.4 Å². The average molecular weight is 303 g/mol. The minimum atomic E-state index is -0.323. The summed E-state index contributed by atoms with van der Waals surface area (Å²) in [6.45, 7) is 0. The Morgan fingerprint density at radius 3 is 2.48 bits per heavy atom. The number of phenols is 2. The van der Waals surface area contributed by atoms with Crippen LogP contribution in [0.15, 0.2) is 22.4 Å². The maximum Gasteiger partial charge on any atom is 0.251 e. The van der Waals surface area contributed by atoms with Crippen molar-refractivity contribution in [2.75, 3.05) is 0 Å². The number of rotatable bonds is 2. The first-order valence-electron chi connectivity index (χ1n) is 5.48. The Bertz CT molecular complexity index is 828. The van der Waals surface area contributed by atoms with E-state index in [9.17, 15) is 10.2 Å². The molecule has 0 fully saturated rings. The number of nitrogens with zero attached hydrogens (tertiary/aromatic N) is 6. The highest BCUT2D eigenvalue weighted by Gasteiger charge is 2.14. The molecule has 0 aliphatic carbocycles. The summed E-state index contributed by atoms with van der Waals surface area (Å²) in [5, 5.41) is 44.2. The number of hydrogen-bond acceptors (Lipinski definition) is 7. The molecule has 1 heterocycles. The maximum absolute atomic E-state index is 9.61. The number of aromatic nitrogens is 2. The normalized spacial score (nSPS) is 10.5. The van der Waals surface area contributed by atoms with Crippen LogP contribution in [0.5, 0.6) is 11.5 Å². The predicted molar refractivity (Wildman–Crippen MR) is 71.6 cm³/mol. The molecule has 2 rings (SSSR count). The van der Waals surface area contributed by atoms with E-state index in [0.29, 0.717) is 0 Å². The van der Waals surface area contributed by atoms with Gasteiger partial charge in [-0.25, -0.2) is 0 Å². The van der Waals surface area contributed by atoms with E-state index in [-0.39, 0.29) is 39.5 Å². The van der Waals surface area contributed by atoms with E-state index in [1.165, 1.54) is 17.7 Å². The first-order valence-corrected chi connectivity index (χ1v) is 5.85. The second-order valence-corrected chi connectivity index (χ2v) is 4.29. The number of benzene rings is 1. The number of halogens is 1. The quantitative estimate of drug-likeness (QED) is 0.823. The van der Waals surface area contributed by atoms with E-state index >= 15 is 0 Å². The smallest absolute Gasteiger partial charge is 0.251 e. The van der Waals surface area contributed by atoms with Crippen LogP contribution >= 0.6 is 11.6 Å². The standard InChI is InChI=1S/C12H7ClN6O2/c1-19-9(5-15)8(4-14)16-12(19)18-17-7-2-6(13)10(20)3-11(7)21/h2-3,20-21H,1H3. The number of phenolic OH excluding ortho intramolecular Hbond substituents is 2. The fraction of sp³-hybridized carbons (Fsp3) is 0.0833. The van der Waals surface area contributed by atoms with Crippen LogP contribution in [0.25, 0.3) is 0 Å². The zero-order valence-corrected chi connectivity index (χ0v) is 11.4. The lowest BCUT2D eigenvalue weighted by atomic mass is 10.3. The first-order chi connectivity index (χ1) is 9.97. The number of hydrogen-bond donors (Lipinski definition) is 2. The summed E-state index contributed by atoms with van der Waals surface area (Å²) < 4.78 is 1.29. The van der Waals surface area contributed by atoms with Gasteiger partial charge in [0.25, 0.3) is 5.95 Å². The minimum Gasteiger partial charge on any atom is -0.506 e. The molecule has 0 saturated carbocycles. The topological polar surface area (TPSA) is 131 Å². The van der Waals surface area contributed by atoms with Gasteiger partial charge in [-0.1, -0.05) is 11.6 Å². The van der Waals surface area contributed by atoms with Crippen molar-refractivity contribution in [3.63, 3.8) is 0 Å². The number of aromatic hydroxyl groups is 2. The summed E-state index contributed by atoms with van der Waals surface area (Å²) in [5.74, 6) is -0.591. The lowest BCUT2D eigenvalue weighted by Crippen LogP contribution is -1.91. The molecule has 0 amide bonds. The fourth-order valence-corrected chi connectivity index (χ4v) is 1.66. The van der Waals surface area contributed by atoms with Gasteiger partial charge in [-0.15, -0.1) is 10.2 Å². The van der Waals surface area contributed by atoms with Crippen LogP contribution in [0.1, 0.15) is 11.4 Å². The summed E-state index contributed by atoms with van der Waals surface area (Å²) in [6, 6.07) is 5.85. The molecule has 0 saturated heterocycles. The minimum absolute atomic E-state index is 0.00276. The molecule has 9 heteroatoms. The number of imidazole rings is 1. The molecule has 0 bridgehead atoms. The maximum atomic E-state index is 9.61. The predicted octanol–water partition coefficient (Wildman–Crippen LogP) is 2.64. The van der Waals surface area contributed by atoms with Crippen molar-refractivity contribution in [3.05, 3.63) is 28.5 Å². The van der Waals surface area contributed by atoms with Gasteiger partial charge >= 0.3 is 0 Å². The highest BCUT2D eigenvalue weighted by molar-refractivity contribution is 6.32. The van der Waals surface area contributed by atoms with Gasteiger partial charge in [-0.05, 0) is 6.07 Å². The molecule has 0 atom stereocenters. The number of nitriles is 2. The van der Waals surface area contributed by atoms with Gasteiger partial charge in [0.2, 0.25) is 0 Å². The Morgan fingerprint density at radius 2 is 1.90 bits per heavy atom. The van der Waals surface area contributed by atoms with Gasteiger partial charge in [-0.2, -0.15) is 15.5 Å². The molecule has 104 valence electrons. The van der Waals surface area contributed by atoms with Crippen LogP contribution in [0.2, 0.25) is 5.02 Å². The monoisotopic (exact) mass is 302 g/mol. The van der Waals surface area contributed by atoms with Crippen LogP contribution in [0.4, 0.5) is 11.6 Å². The van der Waals surface area contributed by atoms with Crippen molar-refractivity contribution in [3.8, 4) is 23.6 Å². The SMILES string of the molecule is Cn1c(N=Nc2cc(Cl)c(O)cc2O)nc(C#N)c1C#N. The zero-order valence-electron chi connectivity index (χ0n) is 10.6. The Hall–Kier alpha value is -3.10. The van der Waals surface area contributed by atoms with E-state index in [1.54, 1.807) is 6.07 Å². The van der Waals surface area contributed by atoms with E-state index in [1.807, 2.05) is 6.07 Å². The van der Waals surface area contributed by atoms with Crippen molar-refractivity contribution in [1.29, 1.82) is 10.5 Å². The van der Waals surface area contributed by atoms with Crippen molar-refractivity contribution in [2.45, 2.75) is 0 Å². The zero-order chi connectivity index (χ0) is 15.6. The highest BCUT2D eigenvalue weighted by Crippen LogP contribution is 2.36. The van der Waals surface area contributed by atoms with Crippen molar-refractivity contribution in [2.24, 2.45) is 17.3 Å². The third kappa shape index (κ3) is 2.61. The van der Waals surface area contributed by atoms with E-state index in [2.05, 4.69) is 15.2 Å². The van der Waals surface area contributed by atoms with E-state index < -0.39 is 0 Å². The lowest BCUT2D eigenvalue weighted by molar-refractivity contribution is 0.451. The molecule has 2 N–H and O–H groups in total. The summed E-state index contributed by atoms with van der Waals surface area (Å²) in [4.78, 5) is 3.84. The van der Waals surface area contributed by atoms with E-state index in [0.717, 1.165) is 6.07 Å². The Morgan fingerprint density at radius 1 is 1.19 bits per heavy atom. The van der Waals surface area contributed by atoms with Crippen molar-refractivity contribution < 1.29 is 10.2 Å². The average Bonchev–Trinajstić information content (AvgIpc) is 2.77. The van der Waals surface area contributed by atoms with E-state index in [4.69, 9.17) is 22.1 Å². The molecule has 0 aliphatic heterocycles. The Kier molecular flexibility index (Phi) is 3.74. The van der Waals surface area contributed by atoms with Crippen LogP contribution in [0.3, 0.4) is 0 Å². The molecular weight excluding hydrogens is 296 g/mol. The Labute approximate surface area is 123 Å². The van der Waals surface area contributed by atoms with Crippen LogP contribution in [-0.4, -0.2) is 19.8 Å². The molecule has 1 aromatic carbocycles. The molecule has 2 aromatic rings. The highest BCUT2D eigenvalue weighted by atomic mass is 35.5. The summed E-state index contributed by atoms with van der Waals surface area (Å²) in [6.07, 6.45) is 0. The van der Waals surface area contributed by atoms with Crippen molar-refractivity contribution in [1.82, 2.24) is 9.55 Å². The molecule has 1 aromatic heterocycles. The largest absolute Gasteiger partial charge is 0.506 e. The molecule has 0 radical (unpaired) electrons. The second-order valence-electron chi connectivity index (χ2n) is 3.88. The van der Waals surface area contributed by atoms with Crippen LogP contribution in [0, 0.1) is 22.7 Å². The van der Waals surface area contributed by atoms with Crippen LogP contribution in [-0.2, 0) is 7.05 Å². The third-order valence-electron chi connectivity index (χ3n) is 2.57. The molecule has 0 spiro atoms. The fourth-order valence-electron chi connectivity index (χ4n) is 1.50. The van der Waals surface area contributed by atoms with Gasteiger partial charge in [-0.3, -0.25) is 0 Å². The molecule has 0 unspecified atom stereocenters. The summed E-state index contributed by atoms with van der Waals surface area (Å²) in [5.41, 5.74) is -0.000800. The Balaban J connectivity index is 2.44.